The van der Waals surface area contributed by atoms with Crippen LogP contribution in [-0.2, 0) is 14.3 Å². The predicted octanol–water partition coefficient (Wildman–Crippen LogP) is 8.64. The first-order chi connectivity index (χ1) is 20.6. The van der Waals surface area contributed by atoms with E-state index in [1.807, 2.05) is 0 Å². The Balaban J connectivity index is 1.29. The molecule has 5 aliphatic rings. The Labute approximate surface area is 263 Å². The van der Waals surface area contributed by atoms with Crippen LogP contribution in [0.5, 0.6) is 0 Å². The van der Waals surface area contributed by atoms with Crippen LogP contribution >= 0.6 is 0 Å². The molecule has 0 aromatic heterocycles. The molecule has 7 atom stereocenters. The largest absolute Gasteiger partial charge is 0.478 e. The van der Waals surface area contributed by atoms with Crippen molar-refractivity contribution >= 4 is 17.9 Å². The molecule has 1 aromatic rings. The molecule has 6 nitrogen and oxygen atoms in total. The van der Waals surface area contributed by atoms with Crippen molar-refractivity contribution in [2.45, 2.75) is 118 Å². The molecule has 1 N–H and O–H groups in total. The first-order valence-electron chi connectivity index (χ1n) is 16.9. The number of hydrogen-bond acceptors (Lipinski definition) is 5. The number of allylic oxidation sites excluding steroid dienone is 1. The Morgan fingerprint density at radius 2 is 1.48 bits per heavy atom. The molecule has 0 radical (unpaired) electrons. The molecule has 6 heteroatoms. The van der Waals surface area contributed by atoms with Gasteiger partial charge in [0.1, 0.15) is 6.10 Å². The molecule has 0 amide bonds. The van der Waals surface area contributed by atoms with Gasteiger partial charge in [-0.05, 0) is 117 Å². The minimum atomic E-state index is -1.12. The minimum absolute atomic E-state index is 0.0124. The second-order valence-electron chi connectivity index (χ2n) is 16.8. The molecule has 0 spiro atoms. The van der Waals surface area contributed by atoms with Gasteiger partial charge in [0.15, 0.2) is 0 Å². The van der Waals surface area contributed by atoms with E-state index in [1.165, 1.54) is 11.6 Å². The molecule has 0 bridgehead atoms. The SMILES string of the molecule is COC(=O)[C@@]12CCC3C(=C1CC(C)(C)CC2)CC[C@@H]1[C@@]2(C)CC[C@H](OC(=O)c4ccccc4C(=O)O)C(C)(C)[C@@H]2CC[C@@]31C. The molecule has 240 valence electrons. The van der Waals surface area contributed by atoms with E-state index in [9.17, 15) is 19.5 Å². The maximum absolute atomic E-state index is 13.4. The highest BCUT2D eigenvalue weighted by Gasteiger charge is 2.65. The maximum Gasteiger partial charge on any atom is 0.339 e. The Morgan fingerprint density at radius 3 is 2.16 bits per heavy atom. The van der Waals surface area contributed by atoms with Gasteiger partial charge in [-0.2, -0.15) is 0 Å². The van der Waals surface area contributed by atoms with Crippen LogP contribution in [0.3, 0.4) is 0 Å². The van der Waals surface area contributed by atoms with E-state index in [0.717, 1.165) is 70.6 Å². The van der Waals surface area contributed by atoms with Crippen molar-refractivity contribution in [3.05, 3.63) is 46.5 Å². The number of rotatable bonds is 4. The van der Waals surface area contributed by atoms with Crippen molar-refractivity contribution < 1.29 is 29.0 Å². The third-order valence-electron chi connectivity index (χ3n) is 13.9. The van der Waals surface area contributed by atoms with Crippen molar-refractivity contribution in [3.8, 4) is 0 Å². The van der Waals surface area contributed by atoms with Crippen LogP contribution in [0.4, 0.5) is 0 Å². The van der Waals surface area contributed by atoms with Crippen molar-refractivity contribution in [1.29, 1.82) is 0 Å². The highest BCUT2D eigenvalue weighted by molar-refractivity contribution is 6.02. The molecule has 0 aliphatic heterocycles. The number of carboxylic acid groups (broad SMARTS) is 1. The number of ether oxygens (including phenoxy) is 2. The summed E-state index contributed by atoms with van der Waals surface area (Å²) < 4.78 is 11.7. The summed E-state index contributed by atoms with van der Waals surface area (Å²) in [6.07, 6.45) is 10.9. The fourth-order valence-electron chi connectivity index (χ4n) is 11.7. The number of carboxylic acids is 1. The van der Waals surface area contributed by atoms with Gasteiger partial charge in [-0.25, -0.2) is 9.59 Å². The molecule has 44 heavy (non-hydrogen) atoms. The smallest absolute Gasteiger partial charge is 0.339 e. The van der Waals surface area contributed by atoms with Crippen LogP contribution in [0.15, 0.2) is 35.4 Å². The molecule has 0 heterocycles. The summed E-state index contributed by atoms with van der Waals surface area (Å²) in [5.41, 5.74) is 2.97. The highest BCUT2D eigenvalue weighted by Crippen LogP contribution is 2.72. The Morgan fingerprint density at radius 1 is 0.795 bits per heavy atom. The quantitative estimate of drug-likeness (QED) is 0.273. The molecule has 6 rings (SSSR count). The molecule has 4 saturated carbocycles. The summed E-state index contributed by atoms with van der Waals surface area (Å²) in [6, 6.07) is 6.34. The second kappa shape index (κ2) is 10.5. The van der Waals surface area contributed by atoms with E-state index in [2.05, 4.69) is 41.5 Å². The number of esters is 2. The summed E-state index contributed by atoms with van der Waals surface area (Å²) in [5, 5.41) is 9.64. The zero-order valence-electron chi connectivity index (χ0n) is 27.9. The lowest BCUT2D eigenvalue weighted by Gasteiger charge is -2.68. The molecule has 1 aromatic carbocycles. The van der Waals surface area contributed by atoms with Crippen molar-refractivity contribution in [3.63, 3.8) is 0 Å². The summed E-state index contributed by atoms with van der Waals surface area (Å²) in [4.78, 5) is 38.5. The number of hydrogen-bond donors (Lipinski definition) is 1. The molecular weight excluding hydrogens is 552 g/mol. The summed E-state index contributed by atoms with van der Waals surface area (Å²) >= 11 is 0. The minimum Gasteiger partial charge on any atom is -0.478 e. The molecule has 5 aliphatic carbocycles. The van der Waals surface area contributed by atoms with E-state index in [1.54, 1.807) is 30.9 Å². The number of methoxy groups -OCH3 is 1. The topological polar surface area (TPSA) is 89.9 Å². The third-order valence-corrected chi connectivity index (χ3v) is 13.9. The Bertz CT molecular complexity index is 1400. The van der Waals surface area contributed by atoms with E-state index in [0.29, 0.717) is 17.8 Å². The molecule has 0 saturated heterocycles. The summed E-state index contributed by atoms with van der Waals surface area (Å²) in [7, 11) is 1.56. The second-order valence-corrected chi connectivity index (χ2v) is 16.8. The van der Waals surface area contributed by atoms with Crippen LogP contribution in [-0.4, -0.2) is 36.2 Å². The number of carbonyl (C=O) groups excluding carboxylic acids is 2. The van der Waals surface area contributed by atoms with Crippen LogP contribution in [0.1, 0.15) is 133 Å². The first-order valence-corrected chi connectivity index (χ1v) is 16.9. The van der Waals surface area contributed by atoms with E-state index < -0.39 is 17.4 Å². The van der Waals surface area contributed by atoms with Crippen LogP contribution < -0.4 is 0 Å². The van der Waals surface area contributed by atoms with Crippen LogP contribution in [0.25, 0.3) is 0 Å². The monoisotopic (exact) mass is 604 g/mol. The average Bonchev–Trinajstić information content (AvgIpc) is 2.97. The lowest BCUT2D eigenvalue weighted by molar-refractivity contribution is -0.189. The highest BCUT2D eigenvalue weighted by atomic mass is 16.5. The molecule has 4 fully saturated rings. The predicted molar refractivity (Wildman–Crippen MR) is 169 cm³/mol. The molecule has 1 unspecified atom stereocenters. The fourth-order valence-corrected chi connectivity index (χ4v) is 11.7. The fraction of sp³-hybridized carbons (Fsp3) is 0.711. The van der Waals surface area contributed by atoms with E-state index in [-0.39, 0.29) is 44.9 Å². The van der Waals surface area contributed by atoms with Crippen molar-refractivity contribution in [2.24, 2.45) is 44.8 Å². The van der Waals surface area contributed by atoms with Gasteiger partial charge in [-0.1, -0.05) is 64.8 Å². The first kappa shape index (κ1) is 31.4. The standard InChI is InChI=1S/C38H52O6/c1-34(2)20-21-38(33(42)43-7)19-14-26-25(27(38)22-34)12-13-29-36(26,5)17-15-28-35(3,4)30(16-18-37(28,29)6)44-32(41)24-11-9-8-10-23(24)31(39)40/h8-11,26,28-30H,12-22H2,1-7H3,(H,39,40)/t26?,28-,29-,30-,36-,37-,38+/m0/s1. The van der Waals surface area contributed by atoms with Gasteiger partial charge in [-0.15, -0.1) is 0 Å². The zero-order chi connectivity index (χ0) is 31.9. The third kappa shape index (κ3) is 4.51. The van der Waals surface area contributed by atoms with E-state index in [4.69, 9.17) is 9.47 Å². The Kier molecular flexibility index (Phi) is 7.45. The Hall–Kier alpha value is -2.63. The summed E-state index contributed by atoms with van der Waals surface area (Å²) in [6.45, 7) is 14.3. The van der Waals surface area contributed by atoms with E-state index >= 15 is 0 Å². The van der Waals surface area contributed by atoms with Crippen molar-refractivity contribution in [1.82, 2.24) is 0 Å². The lowest BCUT2D eigenvalue weighted by Crippen LogP contribution is -2.62. The van der Waals surface area contributed by atoms with Crippen LogP contribution in [0.2, 0.25) is 0 Å². The number of fused-ring (bicyclic) bond motifs is 6. The number of benzene rings is 1. The van der Waals surface area contributed by atoms with Gasteiger partial charge in [0.2, 0.25) is 0 Å². The zero-order valence-corrected chi connectivity index (χ0v) is 27.9. The number of aromatic carboxylic acids is 1. The lowest BCUT2D eigenvalue weighted by atomic mass is 9.37. The van der Waals surface area contributed by atoms with Crippen LogP contribution in [0, 0.1) is 44.8 Å². The van der Waals surface area contributed by atoms with Gasteiger partial charge in [0.25, 0.3) is 0 Å². The van der Waals surface area contributed by atoms with Crippen molar-refractivity contribution in [2.75, 3.05) is 7.11 Å². The normalized spacial score (nSPS) is 38.7. The maximum atomic E-state index is 13.4. The van der Waals surface area contributed by atoms with Gasteiger partial charge < -0.3 is 14.6 Å². The molecular formula is C38H52O6. The van der Waals surface area contributed by atoms with Gasteiger partial charge >= 0.3 is 17.9 Å². The van der Waals surface area contributed by atoms with Gasteiger partial charge in [-0.3, -0.25) is 4.79 Å². The average molecular weight is 605 g/mol. The summed E-state index contributed by atoms with van der Waals surface area (Å²) in [5.74, 6) is -0.200. The van der Waals surface area contributed by atoms with Gasteiger partial charge in [0, 0.05) is 5.41 Å². The number of carbonyl (C=O) groups is 3. The van der Waals surface area contributed by atoms with Gasteiger partial charge in [0.05, 0.1) is 23.7 Å².